The van der Waals surface area contributed by atoms with Crippen LogP contribution in [0, 0.1) is 24.2 Å². The molecular formula is C62H46F12O4. The summed E-state index contributed by atoms with van der Waals surface area (Å²) >= 11 is 0. The van der Waals surface area contributed by atoms with Crippen molar-refractivity contribution in [3.8, 4) is 35.7 Å². The zero-order chi connectivity index (χ0) is 55.6. The Bertz CT molecular complexity index is 3220. The average Bonchev–Trinajstić information content (AvgIpc) is 3.45. The number of halogens is 12. The molecule has 0 saturated heterocycles. The fourth-order valence-corrected chi connectivity index (χ4v) is 11.6. The number of allylic oxidation sites excluding steroid dienone is 2. The molecule has 4 bridgehead atoms. The smallest absolute Gasteiger partial charge is 0.426 e. The summed E-state index contributed by atoms with van der Waals surface area (Å²) in [5.74, 6) is 9.72. The van der Waals surface area contributed by atoms with Crippen molar-refractivity contribution >= 4 is 0 Å². The Kier molecular flexibility index (Phi) is 13.9. The fraction of sp³-hybridized carbons (Fsp3) is 0.290. The van der Waals surface area contributed by atoms with Gasteiger partial charge < -0.3 is 19.7 Å². The third kappa shape index (κ3) is 9.00. The van der Waals surface area contributed by atoms with Crippen LogP contribution < -0.4 is 9.47 Å². The summed E-state index contributed by atoms with van der Waals surface area (Å²) in [5, 5.41) is 19.0. The van der Waals surface area contributed by atoms with E-state index in [1.165, 1.54) is 0 Å². The van der Waals surface area contributed by atoms with Crippen molar-refractivity contribution in [2.75, 3.05) is 13.2 Å². The molecule has 0 radical (unpaired) electrons. The first-order valence-corrected chi connectivity index (χ1v) is 25.0. The average molecular weight is 1080 g/mol. The van der Waals surface area contributed by atoms with Crippen LogP contribution in [0.1, 0.15) is 146 Å². The monoisotopic (exact) mass is 1080 g/mol. The van der Waals surface area contributed by atoms with Crippen LogP contribution in [0.2, 0.25) is 0 Å². The molecular weight excluding hydrogens is 1040 g/mol. The van der Waals surface area contributed by atoms with E-state index in [-0.39, 0.29) is 74.1 Å². The maximum Gasteiger partial charge on any atom is 0.426 e. The standard InChI is InChI=1S/C62H46F12O4/c1-2-38-53-49-39-19-7-11-23-43(39)51(44-24-12-8-20-40(44)49)55(53)47(56-52-45-25-13-9-21-41(45)50(54(38)56)42-22-10-14-26-46(42)52)29-27-36-35-37(77-33-17-5-3-15-31-57(75,59(63,64)65)60(66,67)68)28-30-48(36)78-34-18-6-4-16-32-58(76,61(69,70)71)62(72,73)74/h1,3-4,7-16,19-26,28,30,35,49-52,75-76H,5-6,17-18,31-34H2/b15-3+,16-4+. The molecule has 0 saturated carbocycles. The minimum absolute atomic E-state index is 0.00743. The third-order valence-electron chi connectivity index (χ3n) is 15.3. The van der Waals surface area contributed by atoms with E-state index in [9.17, 15) is 62.9 Å². The number of benzene rings is 6. The maximum atomic E-state index is 13.3. The summed E-state index contributed by atoms with van der Waals surface area (Å²) in [6, 6.07) is 37.9. The van der Waals surface area contributed by atoms with Crippen LogP contribution in [-0.2, 0) is 0 Å². The first-order valence-electron chi connectivity index (χ1n) is 25.0. The van der Waals surface area contributed by atoms with Crippen molar-refractivity contribution in [3.63, 3.8) is 0 Å². The van der Waals surface area contributed by atoms with Crippen LogP contribution in [0.5, 0.6) is 11.5 Å². The molecule has 0 aliphatic heterocycles. The second-order valence-electron chi connectivity index (χ2n) is 19.7. The molecule has 0 atom stereocenters. The number of aliphatic hydroxyl groups is 2. The highest BCUT2D eigenvalue weighted by atomic mass is 19.4. The molecule has 0 heterocycles. The summed E-state index contributed by atoms with van der Waals surface area (Å²) in [5.41, 5.74) is 4.97. The van der Waals surface area contributed by atoms with Crippen molar-refractivity contribution in [1.82, 2.24) is 0 Å². The Labute approximate surface area is 441 Å². The highest BCUT2D eigenvalue weighted by Crippen LogP contribution is 2.64. The van der Waals surface area contributed by atoms with Crippen molar-refractivity contribution in [2.24, 2.45) is 0 Å². The zero-order valence-corrected chi connectivity index (χ0v) is 41.1. The molecule has 402 valence electrons. The van der Waals surface area contributed by atoms with Gasteiger partial charge in [0.05, 0.1) is 18.8 Å². The van der Waals surface area contributed by atoms with Crippen molar-refractivity contribution in [2.45, 2.75) is 98.1 Å². The maximum absolute atomic E-state index is 13.3. The Hall–Kier alpha value is -7.40. The summed E-state index contributed by atoms with van der Waals surface area (Å²) in [6.07, 6.45) is -17.0. The number of alkyl halides is 12. The normalized spacial score (nSPS) is 18.1. The SMILES string of the molecule is C#Cc1c2c(c(C#Cc3cc(OCCC/C=C/CC(O)(C(F)(F)F)C(F)(F)F)ccc3OCCC/C=C/CC(O)(C(F)(F)F)C(F)(F)F)c3c1C1c4ccccc4C3c3ccccc31)C1c3ccccc3C2c2ccccc21. The van der Waals surface area contributed by atoms with E-state index in [2.05, 4.69) is 66.3 Å². The fourth-order valence-electron chi connectivity index (χ4n) is 11.6. The van der Waals surface area contributed by atoms with Crippen molar-refractivity contribution in [3.05, 3.63) is 223 Å². The highest BCUT2D eigenvalue weighted by Gasteiger charge is 2.70. The van der Waals surface area contributed by atoms with Gasteiger partial charge in [-0.15, -0.1) is 6.42 Å². The predicted molar refractivity (Wildman–Crippen MR) is 267 cm³/mol. The molecule has 0 spiro atoms. The van der Waals surface area contributed by atoms with Crippen LogP contribution in [0.3, 0.4) is 0 Å². The van der Waals surface area contributed by atoms with E-state index in [1.54, 1.807) is 18.2 Å². The van der Waals surface area contributed by atoms with E-state index >= 15 is 0 Å². The van der Waals surface area contributed by atoms with Crippen LogP contribution >= 0.6 is 0 Å². The lowest BCUT2D eigenvalue weighted by molar-refractivity contribution is -0.367. The van der Waals surface area contributed by atoms with Crippen molar-refractivity contribution in [1.29, 1.82) is 0 Å². The Balaban J connectivity index is 1.04. The quantitative estimate of drug-likeness (QED) is 0.0493. The van der Waals surface area contributed by atoms with Gasteiger partial charge in [-0.3, -0.25) is 0 Å². The second kappa shape index (κ2) is 20.1. The molecule has 4 nitrogen and oxygen atoms in total. The van der Waals surface area contributed by atoms with Gasteiger partial charge >= 0.3 is 24.7 Å². The van der Waals surface area contributed by atoms with Crippen LogP contribution in [0.25, 0.3) is 0 Å². The van der Waals surface area contributed by atoms with Crippen LogP contribution in [0.15, 0.2) is 140 Å². The summed E-state index contributed by atoms with van der Waals surface area (Å²) in [4.78, 5) is 0. The number of terminal acetylenes is 1. The number of unbranched alkanes of at least 4 members (excludes halogenated alkanes) is 2. The Morgan fingerprint density at radius 1 is 0.436 bits per heavy atom. The minimum Gasteiger partial charge on any atom is -0.494 e. The van der Waals surface area contributed by atoms with E-state index < -0.39 is 48.7 Å². The van der Waals surface area contributed by atoms with Gasteiger partial charge in [0.1, 0.15) is 11.5 Å². The lowest BCUT2D eigenvalue weighted by Crippen LogP contribution is -2.56. The van der Waals surface area contributed by atoms with Gasteiger partial charge in [0.25, 0.3) is 11.2 Å². The topological polar surface area (TPSA) is 58.9 Å². The first-order chi connectivity index (χ1) is 37.0. The van der Waals surface area contributed by atoms with E-state index in [4.69, 9.17) is 15.9 Å². The lowest BCUT2D eigenvalue weighted by Gasteiger charge is -2.48. The van der Waals surface area contributed by atoms with Crippen LogP contribution in [0.4, 0.5) is 52.7 Å². The number of ether oxygens (including phenoxy) is 2. The van der Waals surface area contributed by atoms with Crippen molar-refractivity contribution < 1.29 is 72.4 Å². The summed E-state index contributed by atoms with van der Waals surface area (Å²) in [7, 11) is 0. The van der Waals surface area contributed by atoms with Gasteiger partial charge in [-0.05, 0) is 111 Å². The van der Waals surface area contributed by atoms with Gasteiger partial charge in [-0.2, -0.15) is 52.7 Å². The predicted octanol–water partition coefficient (Wildman–Crippen LogP) is 15.0. The minimum atomic E-state index is -5.97. The van der Waals surface area contributed by atoms with E-state index in [0.717, 1.165) is 90.0 Å². The molecule has 78 heavy (non-hydrogen) atoms. The second-order valence-corrected chi connectivity index (χ2v) is 19.7. The molecule has 2 N–H and O–H groups in total. The molecule has 0 fully saturated rings. The largest absolute Gasteiger partial charge is 0.494 e. The molecule has 0 unspecified atom stereocenters. The molecule has 0 amide bonds. The molecule has 12 rings (SSSR count). The first kappa shape index (κ1) is 54.0. The van der Waals surface area contributed by atoms with E-state index in [0.29, 0.717) is 17.7 Å². The molecule has 6 aromatic rings. The molecule has 0 aromatic heterocycles. The third-order valence-corrected chi connectivity index (χ3v) is 15.3. The van der Waals surface area contributed by atoms with E-state index in [1.807, 2.05) is 48.5 Å². The van der Waals surface area contributed by atoms with Gasteiger partial charge in [-0.1, -0.05) is 139 Å². The Morgan fingerprint density at radius 3 is 1.10 bits per heavy atom. The lowest BCUT2D eigenvalue weighted by atomic mass is 9.53. The van der Waals surface area contributed by atoms with Gasteiger partial charge in [-0.25, -0.2) is 0 Å². The zero-order valence-electron chi connectivity index (χ0n) is 41.1. The molecule has 6 aliphatic rings. The number of hydrogen-bond acceptors (Lipinski definition) is 4. The van der Waals surface area contributed by atoms with Gasteiger partial charge in [0.2, 0.25) is 0 Å². The summed E-state index contributed by atoms with van der Waals surface area (Å²) in [6.45, 7) is -0.134. The number of rotatable bonds is 14. The van der Waals surface area contributed by atoms with Gasteiger partial charge in [0, 0.05) is 47.6 Å². The molecule has 6 aromatic carbocycles. The van der Waals surface area contributed by atoms with Crippen LogP contribution in [-0.4, -0.2) is 59.3 Å². The highest BCUT2D eigenvalue weighted by molar-refractivity contribution is 5.82. The summed E-state index contributed by atoms with van der Waals surface area (Å²) < 4.78 is 171. The Morgan fingerprint density at radius 2 is 0.769 bits per heavy atom. The molecule has 6 aliphatic carbocycles. The number of hydrogen-bond donors (Lipinski definition) is 2. The van der Waals surface area contributed by atoms with Gasteiger partial charge in [0.15, 0.2) is 0 Å². The molecule has 16 heteroatoms.